The van der Waals surface area contributed by atoms with Gasteiger partial charge in [0, 0.05) is 16.3 Å². The van der Waals surface area contributed by atoms with Gasteiger partial charge in [0.2, 0.25) is 5.78 Å². The van der Waals surface area contributed by atoms with Gasteiger partial charge in [0.05, 0.1) is 10.7 Å². The standard InChI is InChI=1S/C19H15Cl2N3O2/c1-11(12-2-5-14(25)6-3-12)22-10-19(26)18-9-17(23-24-18)15-7-4-13(20)8-16(15)21/h2-9,25H,10H2,1H3,(H,23,24). The second kappa shape index (κ2) is 7.72. The summed E-state index contributed by atoms with van der Waals surface area (Å²) in [7, 11) is 0. The fourth-order valence-corrected chi connectivity index (χ4v) is 2.87. The predicted molar refractivity (Wildman–Crippen MR) is 104 cm³/mol. The van der Waals surface area contributed by atoms with E-state index in [1.807, 2.05) is 6.92 Å². The first-order valence-corrected chi connectivity index (χ1v) is 8.54. The zero-order valence-corrected chi connectivity index (χ0v) is 15.3. The average molecular weight is 388 g/mol. The fraction of sp³-hybridized carbons (Fsp3) is 0.105. The third-order valence-electron chi connectivity index (χ3n) is 3.83. The molecule has 132 valence electrons. The van der Waals surface area contributed by atoms with Crippen molar-refractivity contribution in [2.24, 2.45) is 4.99 Å². The van der Waals surface area contributed by atoms with Gasteiger partial charge in [0.1, 0.15) is 18.0 Å². The van der Waals surface area contributed by atoms with E-state index in [-0.39, 0.29) is 18.1 Å². The third kappa shape index (κ3) is 4.12. The summed E-state index contributed by atoms with van der Waals surface area (Å²) in [5.74, 6) is -0.00422. The van der Waals surface area contributed by atoms with Gasteiger partial charge in [0.15, 0.2) is 0 Å². The Kier molecular flexibility index (Phi) is 5.40. The summed E-state index contributed by atoms with van der Waals surface area (Å²) < 4.78 is 0. The van der Waals surface area contributed by atoms with Gasteiger partial charge in [-0.3, -0.25) is 14.9 Å². The van der Waals surface area contributed by atoms with E-state index in [0.29, 0.717) is 32.7 Å². The Morgan fingerprint density at radius 1 is 1.15 bits per heavy atom. The molecule has 7 heteroatoms. The van der Waals surface area contributed by atoms with Crippen LogP contribution in [0.5, 0.6) is 5.75 Å². The highest BCUT2D eigenvalue weighted by atomic mass is 35.5. The minimum Gasteiger partial charge on any atom is -0.508 e. The highest BCUT2D eigenvalue weighted by molar-refractivity contribution is 6.36. The van der Waals surface area contributed by atoms with Gasteiger partial charge in [-0.2, -0.15) is 5.10 Å². The lowest BCUT2D eigenvalue weighted by Crippen LogP contribution is -2.06. The third-order valence-corrected chi connectivity index (χ3v) is 4.38. The first-order chi connectivity index (χ1) is 12.4. The molecular weight excluding hydrogens is 373 g/mol. The van der Waals surface area contributed by atoms with Crippen LogP contribution >= 0.6 is 23.2 Å². The Morgan fingerprint density at radius 2 is 1.88 bits per heavy atom. The number of phenols is 1. The Labute approximate surface area is 160 Å². The molecule has 0 saturated heterocycles. The second-order valence-electron chi connectivity index (χ2n) is 5.66. The molecule has 0 fully saturated rings. The lowest BCUT2D eigenvalue weighted by molar-refractivity contribution is 0.0997. The molecule has 0 aliphatic rings. The van der Waals surface area contributed by atoms with Gasteiger partial charge < -0.3 is 5.11 Å². The molecule has 0 saturated carbocycles. The largest absolute Gasteiger partial charge is 0.508 e. The van der Waals surface area contributed by atoms with E-state index in [4.69, 9.17) is 23.2 Å². The molecule has 26 heavy (non-hydrogen) atoms. The van der Waals surface area contributed by atoms with E-state index in [1.54, 1.807) is 48.5 Å². The SMILES string of the molecule is CC(=NCC(=O)c1cc(-c2ccc(Cl)cc2Cl)n[nH]1)c1ccc(O)cc1. The van der Waals surface area contributed by atoms with E-state index in [9.17, 15) is 9.90 Å². The zero-order chi connectivity index (χ0) is 18.7. The van der Waals surface area contributed by atoms with Gasteiger partial charge in [-0.05, 0) is 61.0 Å². The summed E-state index contributed by atoms with van der Waals surface area (Å²) in [6.07, 6.45) is 0. The van der Waals surface area contributed by atoms with Gasteiger partial charge in [-0.1, -0.05) is 23.2 Å². The van der Waals surface area contributed by atoms with Crippen LogP contribution in [0.15, 0.2) is 53.5 Å². The summed E-state index contributed by atoms with van der Waals surface area (Å²) in [4.78, 5) is 16.7. The maximum atomic E-state index is 12.3. The number of phenolic OH excluding ortho intramolecular Hbond substituents is 1. The minimum absolute atomic E-state index is 0.0112. The quantitative estimate of drug-likeness (QED) is 0.488. The highest BCUT2D eigenvalue weighted by Crippen LogP contribution is 2.29. The Morgan fingerprint density at radius 3 is 2.58 bits per heavy atom. The molecule has 5 nitrogen and oxygen atoms in total. The molecule has 2 N–H and O–H groups in total. The predicted octanol–water partition coefficient (Wildman–Crippen LogP) is 4.78. The zero-order valence-electron chi connectivity index (χ0n) is 13.8. The number of rotatable bonds is 5. The number of hydrogen-bond donors (Lipinski definition) is 2. The lowest BCUT2D eigenvalue weighted by atomic mass is 10.1. The number of carbonyl (C=O) groups is 1. The van der Waals surface area contributed by atoms with E-state index >= 15 is 0 Å². The van der Waals surface area contributed by atoms with Crippen molar-refractivity contribution in [3.05, 3.63) is 69.8 Å². The number of aromatic nitrogens is 2. The highest BCUT2D eigenvalue weighted by Gasteiger charge is 2.13. The number of aromatic amines is 1. The van der Waals surface area contributed by atoms with Crippen LogP contribution in [0, 0.1) is 0 Å². The van der Waals surface area contributed by atoms with Crippen LogP contribution in [-0.4, -0.2) is 33.3 Å². The molecule has 0 aliphatic heterocycles. The van der Waals surface area contributed by atoms with E-state index in [0.717, 1.165) is 5.56 Å². The van der Waals surface area contributed by atoms with Crippen LogP contribution in [0.2, 0.25) is 10.0 Å². The number of aromatic hydroxyl groups is 1. The Hall–Kier alpha value is -2.63. The molecule has 2 aromatic carbocycles. The number of Topliss-reactive ketones (excluding diaryl/α,β-unsaturated/α-hetero) is 1. The van der Waals surface area contributed by atoms with Crippen molar-refractivity contribution in [2.45, 2.75) is 6.92 Å². The fourth-order valence-electron chi connectivity index (χ4n) is 2.37. The van der Waals surface area contributed by atoms with E-state index in [2.05, 4.69) is 15.2 Å². The maximum Gasteiger partial charge on any atom is 0.201 e. The topological polar surface area (TPSA) is 78.3 Å². The van der Waals surface area contributed by atoms with Crippen molar-refractivity contribution < 1.29 is 9.90 Å². The number of ketones is 1. The lowest BCUT2D eigenvalue weighted by Gasteiger charge is -2.01. The van der Waals surface area contributed by atoms with Gasteiger partial charge in [-0.15, -0.1) is 0 Å². The first-order valence-electron chi connectivity index (χ1n) is 7.78. The number of aliphatic imine (C=N–C) groups is 1. The van der Waals surface area contributed by atoms with Crippen molar-refractivity contribution >= 4 is 34.7 Å². The molecule has 1 heterocycles. The van der Waals surface area contributed by atoms with Crippen molar-refractivity contribution in [2.75, 3.05) is 6.54 Å². The molecule has 0 atom stereocenters. The van der Waals surface area contributed by atoms with Crippen LogP contribution < -0.4 is 0 Å². The number of halogens is 2. The number of hydrogen-bond acceptors (Lipinski definition) is 4. The number of benzene rings is 2. The van der Waals surface area contributed by atoms with Crippen molar-refractivity contribution in [1.82, 2.24) is 10.2 Å². The van der Waals surface area contributed by atoms with Crippen LogP contribution in [0.4, 0.5) is 0 Å². The summed E-state index contributed by atoms with van der Waals surface area (Å²) in [6.45, 7) is 1.80. The molecule has 0 spiro atoms. The van der Waals surface area contributed by atoms with E-state index < -0.39 is 0 Å². The summed E-state index contributed by atoms with van der Waals surface area (Å²) in [6, 6.07) is 13.4. The smallest absolute Gasteiger partial charge is 0.201 e. The molecule has 0 amide bonds. The van der Waals surface area contributed by atoms with Gasteiger partial charge in [0.25, 0.3) is 0 Å². The van der Waals surface area contributed by atoms with E-state index in [1.165, 1.54) is 0 Å². The number of nitrogens with one attached hydrogen (secondary N) is 1. The molecular formula is C19H15Cl2N3O2. The normalized spacial score (nSPS) is 11.6. The summed E-state index contributed by atoms with van der Waals surface area (Å²) >= 11 is 12.1. The molecule has 3 rings (SSSR count). The molecule has 0 unspecified atom stereocenters. The number of carbonyl (C=O) groups excluding carboxylic acids is 1. The second-order valence-corrected chi connectivity index (χ2v) is 6.51. The molecule has 0 radical (unpaired) electrons. The maximum absolute atomic E-state index is 12.3. The van der Waals surface area contributed by atoms with Crippen LogP contribution in [0.25, 0.3) is 11.3 Å². The minimum atomic E-state index is -0.188. The molecule has 1 aromatic heterocycles. The first kappa shape index (κ1) is 18.2. The summed E-state index contributed by atoms with van der Waals surface area (Å²) in [5, 5.41) is 17.2. The van der Waals surface area contributed by atoms with Gasteiger partial charge in [-0.25, -0.2) is 0 Å². The van der Waals surface area contributed by atoms with Crippen LogP contribution in [0.1, 0.15) is 23.0 Å². The van der Waals surface area contributed by atoms with Crippen molar-refractivity contribution in [3.8, 4) is 17.0 Å². The average Bonchev–Trinajstić information content (AvgIpc) is 3.10. The van der Waals surface area contributed by atoms with Gasteiger partial charge >= 0.3 is 0 Å². The van der Waals surface area contributed by atoms with Crippen LogP contribution in [-0.2, 0) is 0 Å². The van der Waals surface area contributed by atoms with Crippen molar-refractivity contribution in [3.63, 3.8) is 0 Å². The number of nitrogens with zero attached hydrogens (tertiary/aromatic N) is 2. The molecule has 0 bridgehead atoms. The molecule has 3 aromatic rings. The molecule has 0 aliphatic carbocycles. The Bertz CT molecular complexity index is 979. The monoisotopic (exact) mass is 387 g/mol. The van der Waals surface area contributed by atoms with Crippen molar-refractivity contribution in [1.29, 1.82) is 0 Å². The van der Waals surface area contributed by atoms with Crippen LogP contribution in [0.3, 0.4) is 0 Å². The number of H-pyrrole nitrogens is 1. The summed E-state index contributed by atoms with van der Waals surface area (Å²) in [5.41, 5.74) is 3.16. The Balaban J connectivity index is 1.74.